The quantitative estimate of drug-likeness (QED) is 0.817. The largest absolute Gasteiger partial charge is 0.370 e. The third-order valence-corrected chi connectivity index (χ3v) is 3.53. The van der Waals surface area contributed by atoms with Gasteiger partial charge in [-0.25, -0.2) is 4.39 Å². The number of hydrogen-bond donors (Lipinski definition) is 1. The highest BCUT2D eigenvalue weighted by atomic mass is 19.1. The van der Waals surface area contributed by atoms with Crippen LogP contribution in [0.5, 0.6) is 0 Å². The molecular weight excluding hydrogens is 215 g/mol. The Morgan fingerprint density at radius 3 is 2.76 bits per heavy atom. The van der Waals surface area contributed by atoms with E-state index in [1.54, 1.807) is 12.1 Å². The Balaban J connectivity index is 2.04. The predicted octanol–water partition coefficient (Wildman–Crippen LogP) is 2.65. The molecule has 1 fully saturated rings. The van der Waals surface area contributed by atoms with Crippen LogP contribution in [0.3, 0.4) is 0 Å². The van der Waals surface area contributed by atoms with Gasteiger partial charge in [-0.3, -0.25) is 0 Å². The van der Waals surface area contributed by atoms with Crippen molar-refractivity contribution in [3.05, 3.63) is 30.1 Å². The lowest BCUT2D eigenvalue weighted by Gasteiger charge is -2.28. The molecule has 1 unspecified atom stereocenters. The molecule has 1 aromatic rings. The fraction of sp³-hybridized carbons (Fsp3) is 0.571. The lowest BCUT2D eigenvalue weighted by atomic mass is 10.1. The van der Waals surface area contributed by atoms with E-state index in [1.807, 2.05) is 13.1 Å². The van der Waals surface area contributed by atoms with E-state index in [-0.39, 0.29) is 5.82 Å². The van der Waals surface area contributed by atoms with Gasteiger partial charge in [-0.1, -0.05) is 6.07 Å². The maximum atomic E-state index is 13.2. The minimum absolute atomic E-state index is 0.159. The van der Waals surface area contributed by atoms with E-state index in [0.717, 1.165) is 24.7 Å². The molecule has 0 heterocycles. The van der Waals surface area contributed by atoms with Gasteiger partial charge in [-0.15, -0.1) is 0 Å². The van der Waals surface area contributed by atoms with Gasteiger partial charge in [-0.05, 0) is 50.9 Å². The molecule has 0 amide bonds. The van der Waals surface area contributed by atoms with Crippen molar-refractivity contribution in [1.82, 2.24) is 5.32 Å². The van der Waals surface area contributed by atoms with Gasteiger partial charge in [0.2, 0.25) is 0 Å². The smallest absolute Gasteiger partial charge is 0.125 e. The molecule has 0 bridgehead atoms. The highest BCUT2D eigenvalue weighted by Gasteiger charge is 2.31. The number of nitrogens with one attached hydrogen (secondary N) is 1. The molecule has 0 aromatic heterocycles. The Labute approximate surface area is 103 Å². The fourth-order valence-electron chi connectivity index (χ4n) is 2.30. The first-order valence-electron chi connectivity index (χ1n) is 6.42. The second-order valence-electron chi connectivity index (χ2n) is 4.75. The van der Waals surface area contributed by atoms with Gasteiger partial charge >= 0.3 is 0 Å². The van der Waals surface area contributed by atoms with Crippen LogP contribution < -0.4 is 10.2 Å². The zero-order valence-electron chi connectivity index (χ0n) is 10.6. The molecule has 1 aliphatic carbocycles. The van der Waals surface area contributed by atoms with E-state index in [9.17, 15) is 4.39 Å². The van der Waals surface area contributed by atoms with Crippen molar-refractivity contribution in [2.24, 2.45) is 5.92 Å². The number of nitrogens with zero attached hydrogens (tertiary/aromatic N) is 1. The van der Waals surface area contributed by atoms with Crippen molar-refractivity contribution >= 4 is 5.69 Å². The summed E-state index contributed by atoms with van der Waals surface area (Å²) in [6, 6.07) is 7.39. The summed E-state index contributed by atoms with van der Waals surface area (Å²) in [5.74, 6) is 0.649. The second-order valence-corrected chi connectivity index (χ2v) is 4.75. The van der Waals surface area contributed by atoms with Crippen LogP contribution in [0.25, 0.3) is 0 Å². The number of hydrogen-bond acceptors (Lipinski definition) is 2. The van der Waals surface area contributed by atoms with Gasteiger partial charge in [0.15, 0.2) is 0 Å². The third kappa shape index (κ3) is 3.19. The number of halogens is 1. The van der Waals surface area contributed by atoms with Crippen LogP contribution >= 0.6 is 0 Å². The Hall–Kier alpha value is -1.09. The number of benzene rings is 1. The number of rotatable bonds is 6. The van der Waals surface area contributed by atoms with Crippen LogP contribution in [-0.2, 0) is 0 Å². The summed E-state index contributed by atoms with van der Waals surface area (Å²) in [7, 11) is 2.02. The van der Waals surface area contributed by atoms with Gasteiger partial charge < -0.3 is 10.2 Å². The first kappa shape index (κ1) is 12.4. The summed E-state index contributed by atoms with van der Waals surface area (Å²) in [5, 5.41) is 3.38. The van der Waals surface area contributed by atoms with E-state index < -0.39 is 0 Å². The summed E-state index contributed by atoms with van der Waals surface area (Å²) in [6.07, 6.45) is 2.65. The molecule has 0 aliphatic heterocycles. The normalized spacial score (nSPS) is 16.9. The molecule has 1 N–H and O–H groups in total. The molecule has 1 aliphatic rings. The molecule has 0 radical (unpaired) electrons. The summed E-state index contributed by atoms with van der Waals surface area (Å²) in [5.41, 5.74) is 0.980. The summed E-state index contributed by atoms with van der Waals surface area (Å²) >= 11 is 0. The van der Waals surface area contributed by atoms with Crippen molar-refractivity contribution in [3.63, 3.8) is 0 Å². The lowest BCUT2D eigenvalue weighted by Crippen LogP contribution is -2.41. The van der Waals surface area contributed by atoms with E-state index >= 15 is 0 Å². The van der Waals surface area contributed by atoms with E-state index in [4.69, 9.17) is 0 Å². The van der Waals surface area contributed by atoms with Gasteiger partial charge in [0, 0.05) is 24.8 Å². The molecule has 0 saturated heterocycles. The maximum absolute atomic E-state index is 13.2. The first-order chi connectivity index (χ1) is 8.24. The predicted molar refractivity (Wildman–Crippen MR) is 69.9 cm³/mol. The Kier molecular flexibility index (Phi) is 4.00. The molecule has 2 rings (SSSR count). The second kappa shape index (κ2) is 5.50. The van der Waals surface area contributed by atoms with E-state index in [1.165, 1.54) is 18.9 Å². The molecule has 94 valence electrons. The van der Waals surface area contributed by atoms with Gasteiger partial charge in [0.05, 0.1) is 0 Å². The number of likely N-dealkylation sites (N-methyl/N-ethyl adjacent to an activating group) is 2. The third-order valence-electron chi connectivity index (χ3n) is 3.53. The van der Waals surface area contributed by atoms with E-state index in [2.05, 4.69) is 17.1 Å². The topological polar surface area (TPSA) is 15.3 Å². The lowest BCUT2D eigenvalue weighted by molar-refractivity contribution is 0.495. The summed E-state index contributed by atoms with van der Waals surface area (Å²) < 4.78 is 13.2. The zero-order valence-corrected chi connectivity index (χ0v) is 10.6. The molecule has 0 spiro atoms. The van der Waals surface area contributed by atoms with Crippen molar-refractivity contribution < 1.29 is 4.39 Å². The van der Waals surface area contributed by atoms with Crippen LogP contribution in [0, 0.1) is 11.7 Å². The Bertz CT molecular complexity index is 363. The van der Waals surface area contributed by atoms with Crippen molar-refractivity contribution in [1.29, 1.82) is 0 Å². The van der Waals surface area contributed by atoms with Gasteiger partial charge in [-0.2, -0.15) is 0 Å². The molecule has 3 heteroatoms. The van der Waals surface area contributed by atoms with E-state index in [0.29, 0.717) is 6.04 Å². The monoisotopic (exact) mass is 236 g/mol. The minimum atomic E-state index is -0.159. The molecule has 1 saturated carbocycles. The van der Waals surface area contributed by atoms with Crippen LogP contribution in [-0.4, -0.2) is 26.2 Å². The Morgan fingerprint density at radius 1 is 1.47 bits per heavy atom. The van der Waals surface area contributed by atoms with Crippen LogP contribution in [0.15, 0.2) is 24.3 Å². The SMILES string of the molecule is CCN(CC(NC)C1CC1)c1cccc(F)c1. The van der Waals surface area contributed by atoms with Crippen LogP contribution in [0.1, 0.15) is 19.8 Å². The fourth-order valence-corrected chi connectivity index (χ4v) is 2.30. The zero-order chi connectivity index (χ0) is 12.3. The van der Waals surface area contributed by atoms with Crippen molar-refractivity contribution in [2.45, 2.75) is 25.8 Å². The average Bonchev–Trinajstić information content (AvgIpc) is 3.15. The highest BCUT2D eigenvalue weighted by Crippen LogP contribution is 2.33. The average molecular weight is 236 g/mol. The highest BCUT2D eigenvalue weighted by molar-refractivity contribution is 5.46. The molecular formula is C14H21FN2. The minimum Gasteiger partial charge on any atom is -0.370 e. The molecule has 2 nitrogen and oxygen atoms in total. The first-order valence-corrected chi connectivity index (χ1v) is 6.42. The van der Waals surface area contributed by atoms with Crippen molar-refractivity contribution in [3.8, 4) is 0 Å². The molecule has 1 aromatic carbocycles. The standard InChI is InChI=1S/C14H21FN2/c1-3-17(10-14(16-2)11-7-8-11)13-6-4-5-12(15)9-13/h4-6,9,11,14,16H,3,7-8,10H2,1-2H3. The maximum Gasteiger partial charge on any atom is 0.125 e. The van der Waals surface area contributed by atoms with Crippen LogP contribution in [0.2, 0.25) is 0 Å². The van der Waals surface area contributed by atoms with Gasteiger partial charge in [0.1, 0.15) is 5.82 Å². The molecule has 17 heavy (non-hydrogen) atoms. The van der Waals surface area contributed by atoms with Gasteiger partial charge in [0.25, 0.3) is 0 Å². The number of anilines is 1. The molecule has 1 atom stereocenters. The Morgan fingerprint density at radius 2 is 2.24 bits per heavy atom. The summed E-state index contributed by atoms with van der Waals surface area (Å²) in [4.78, 5) is 2.24. The van der Waals surface area contributed by atoms with Crippen LogP contribution in [0.4, 0.5) is 10.1 Å². The summed E-state index contributed by atoms with van der Waals surface area (Å²) in [6.45, 7) is 3.99. The van der Waals surface area contributed by atoms with Crippen molar-refractivity contribution in [2.75, 3.05) is 25.0 Å².